The zero-order valence-corrected chi connectivity index (χ0v) is 13.7. The van der Waals surface area contributed by atoms with Crippen LogP contribution in [0.3, 0.4) is 0 Å². The Bertz CT molecular complexity index is 381. The number of rotatable bonds is 4. The first-order chi connectivity index (χ1) is 10.0. The van der Waals surface area contributed by atoms with Gasteiger partial charge in [0.05, 0.1) is 0 Å². The molecule has 0 aromatic carbocycles. The number of amides is 2. The highest BCUT2D eigenvalue weighted by Crippen LogP contribution is 2.32. The lowest BCUT2D eigenvalue weighted by atomic mass is 9.81. The smallest absolute Gasteiger partial charge is 0.245 e. The van der Waals surface area contributed by atoms with E-state index >= 15 is 0 Å². The number of carbonyl (C=O) groups excluding carboxylic acids is 2. The van der Waals surface area contributed by atoms with Crippen molar-refractivity contribution in [3.8, 4) is 0 Å². The van der Waals surface area contributed by atoms with Gasteiger partial charge in [0.2, 0.25) is 11.8 Å². The van der Waals surface area contributed by atoms with Crippen LogP contribution in [0.25, 0.3) is 0 Å². The van der Waals surface area contributed by atoms with Crippen molar-refractivity contribution >= 4 is 11.8 Å². The molecule has 2 aliphatic rings. The third-order valence-corrected chi connectivity index (χ3v) is 5.00. The standard InChI is InChI=1S/C17H30N2O2/c1-4-13-7-5-6-8-15(13)19-10-9-16(20)18-14(17(19)21)11-12(2)3/h12-15H,4-11H2,1-3H3,(H,18,20). The molecule has 120 valence electrons. The largest absolute Gasteiger partial charge is 0.344 e. The molecule has 0 radical (unpaired) electrons. The minimum atomic E-state index is -0.320. The maximum atomic E-state index is 12.9. The third-order valence-electron chi connectivity index (χ3n) is 5.00. The molecular weight excluding hydrogens is 264 g/mol. The van der Waals surface area contributed by atoms with Crippen LogP contribution in [0.15, 0.2) is 0 Å². The van der Waals surface area contributed by atoms with Crippen molar-refractivity contribution in [1.29, 1.82) is 0 Å². The topological polar surface area (TPSA) is 49.4 Å². The molecule has 2 fully saturated rings. The highest BCUT2D eigenvalue weighted by atomic mass is 16.2. The number of hydrogen-bond donors (Lipinski definition) is 1. The summed E-state index contributed by atoms with van der Waals surface area (Å²) in [6, 6.07) is 0.0260. The Morgan fingerprint density at radius 1 is 1.24 bits per heavy atom. The van der Waals surface area contributed by atoms with Gasteiger partial charge in [-0.15, -0.1) is 0 Å². The van der Waals surface area contributed by atoms with Gasteiger partial charge in [-0.05, 0) is 31.1 Å². The van der Waals surface area contributed by atoms with Gasteiger partial charge in [0.1, 0.15) is 6.04 Å². The first-order valence-electron chi connectivity index (χ1n) is 8.62. The fourth-order valence-corrected chi connectivity index (χ4v) is 3.90. The molecule has 2 rings (SSSR count). The first-order valence-corrected chi connectivity index (χ1v) is 8.62. The SMILES string of the molecule is CCC1CCCCC1N1CCC(=O)NC(CC(C)C)C1=O. The van der Waals surface area contributed by atoms with E-state index in [2.05, 4.69) is 26.1 Å². The molecule has 2 amide bonds. The molecule has 0 spiro atoms. The third kappa shape index (κ3) is 3.98. The highest BCUT2D eigenvalue weighted by Gasteiger charge is 2.37. The summed E-state index contributed by atoms with van der Waals surface area (Å²) in [4.78, 5) is 26.8. The molecule has 3 atom stereocenters. The van der Waals surface area contributed by atoms with E-state index in [1.54, 1.807) is 0 Å². The zero-order chi connectivity index (χ0) is 15.4. The van der Waals surface area contributed by atoms with E-state index in [1.807, 2.05) is 4.90 Å². The van der Waals surface area contributed by atoms with E-state index in [0.717, 1.165) is 19.3 Å². The fourth-order valence-electron chi connectivity index (χ4n) is 3.90. The summed E-state index contributed by atoms with van der Waals surface area (Å²) in [7, 11) is 0. The molecule has 1 saturated heterocycles. The van der Waals surface area contributed by atoms with Crippen molar-refractivity contribution in [2.24, 2.45) is 11.8 Å². The van der Waals surface area contributed by atoms with Crippen LogP contribution in [0.1, 0.15) is 65.7 Å². The van der Waals surface area contributed by atoms with Crippen LogP contribution in [-0.4, -0.2) is 35.3 Å². The molecule has 4 nitrogen and oxygen atoms in total. The number of carbonyl (C=O) groups is 2. The molecule has 3 unspecified atom stereocenters. The van der Waals surface area contributed by atoms with E-state index in [1.165, 1.54) is 19.3 Å². The van der Waals surface area contributed by atoms with Crippen LogP contribution in [0.2, 0.25) is 0 Å². The van der Waals surface area contributed by atoms with Crippen molar-refractivity contribution in [1.82, 2.24) is 10.2 Å². The lowest BCUT2D eigenvalue weighted by Crippen LogP contribution is -2.51. The van der Waals surface area contributed by atoms with Gasteiger partial charge in [0.25, 0.3) is 0 Å². The molecule has 1 aliphatic carbocycles. The van der Waals surface area contributed by atoms with E-state index in [-0.39, 0.29) is 17.9 Å². The molecule has 21 heavy (non-hydrogen) atoms. The maximum absolute atomic E-state index is 12.9. The second kappa shape index (κ2) is 7.28. The lowest BCUT2D eigenvalue weighted by Gasteiger charge is -2.40. The predicted molar refractivity (Wildman–Crippen MR) is 83.8 cm³/mol. The molecule has 1 saturated carbocycles. The molecule has 0 aromatic rings. The minimum absolute atomic E-state index is 0.0281. The fraction of sp³-hybridized carbons (Fsp3) is 0.882. The Labute approximate surface area is 128 Å². The van der Waals surface area contributed by atoms with E-state index in [0.29, 0.717) is 30.8 Å². The molecule has 0 bridgehead atoms. The van der Waals surface area contributed by atoms with Crippen LogP contribution in [-0.2, 0) is 9.59 Å². The van der Waals surface area contributed by atoms with Crippen LogP contribution in [0.4, 0.5) is 0 Å². The summed E-state index contributed by atoms with van der Waals surface area (Å²) in [5.41, 5.74) is 0. The second-order valence-electron chi connectivity index (χ2n) is 7.05. The maximum Gasteiger partial charge on any atom is 0.245 e. The monoisotopic (exact) mass is 294 g/mol. The average molecular weight is 294 g/mol. The van der Waals surface area contributed by atoms with Crippen LogP contribution >= 0.6 is 0 Å². The van der Waals surface area contributed by atoms with Crippen molar-refractivity contribution in [2.75, 3.05) is 6.54 Å². The van der Waals surface area contributed by atoms with Gasteiger partial charge in [0.15, 0.2) is 0 Å². The quantitative estimate of drug-likeness (QED) is 0.866. The van der Waals surface area contributed by atoms with Gasteiger partial charge in [-0.2, -0.15) is 0 Å². The first kappa shape index (κ1) is 16.3. The van der Waals surface area contributed by atoms with Crippen LogP contribution in [0.5, 0.6) is 0 Å². The van der Waals surface area contributed by atoms with Crippen molar-refractivity contribution in [2.45, 2.75) is 77.8 Å². The summed E-state index contributed by atoms with van der Waals surface area (Å²) in [5.74, 6) is 1.20. The Morgan fingerprint density at radius 2 is 1.95 bits per heavy atom. The molecule has 0 aromatic heterocycles. The molecular formula is C17H30N2O2. The van der Waals surface area contributed by atoms with Gasteiger partial charge in [-0.25, -0.2) is 0 Å². The number of hydrogen-bond acceptors (Lipinski definition) is 2. The normalized spacial score (nSPS) is 31.2. The van der Waals surface area contributed by atoms with Gasteiger partial charge in [0, 0.05) is 19.0 Å². The number of nitrogens with one attached hydrogen (secondary N) is 1. The Kier molecular flexibility index (Phi) is 5.65. The van der Waals surface area contributed by atoms with E-state index in [4.69, 9.17) is 0 Å². The molecule has 1 N–H and O–H groups in total. The minimum Gasteiger partial charge on any atom is -0.344 e. The molecule has 4 heteroatoms. The molecule has 1 aliphatic heterocycles. The van der Waals surface area contributed by atoms with Crippen LogP contribution in [0, 0.1) is 11.8 Å². The Hall–Kier alpha value is -1.06. The number of nitrogens with zero attached hydrogens (tertiary/aromatic N) is 1. The Balaban J connectivity index is 2.15. The van der Waals surface area contributed by atoms with Gasteiger partial charge >= 0.3 is 0 Å². The summed E-state index contributed by atoms with van der Waals surface area (Å²) in [6.45, 7) is 7.02. The summed E-state index contributed by atoms with van der Waals surface area (Å²) < 4.78 is 0. The average Bonchev–Trinajstić information content (AvgIpc) is 2.58. The summed E-state index contributed by atoms with van der Waals surface area (Å²) >= 11 is 0. The van der Waals surface area contributed by atoms with Crippen molar-refractivity contribution in [3.63, 3.8) is 0 Å². The zero-order valence-electron chi connectivity index (χ0n) is 13.7. The van der Waals surface area contributed by atoms with E-state index in [9.17, 15) is 9.59 Å². The second-order valence-corrected chi connectivity index (χ2v) is 7.05. The van der Waals surface area contributed by atoms with Gasteiger partial charge in [-0.3, -0.25) is 9.59 Å². The van der Waals surface area contributed by atoms with Gasteiger partial charge < -0.3 is 10.2 Å². The van der Waals surface area contributed by atoms with Crippen molar-refractivity contribution in [3.05, 3.63) is 0 Å². The van der Waals surface area contributed by atoms with Crippen LogP contribution < -0.4 is 5.32 Å². The molecule has 1 heterocycles. The van der Waals surface area contributed by atoms with Crippen molar-refractivity contribution < 1.29 is 9.59 Å². The predicted octanol–water partition coefficient (Wildman–Crippen LogP) is 2.72. The van der Waals surface area contributed by atoms with E-state index < -0.39 is 0 Å². The lowest BCUT2D eigenvalue weighted by molar-refractivity contribution is -0.137. The summed E-state index contributed by atoms with van der Waals surface area (Å²) in [5, 5.41) is 2.93. The van der Waals surface area contributed by atoms with Gasteiger partial charge in [-0.1, -0.05) is 40.0 Å². The Morgan fingerprint density at radius 3 is 2.62 bits per heavy atom. The summed E-state index contributed by atoms with van der Waals surface area (Å²) in [6.07, 6.45) is 7.14. The highest BCUT2D eigenvalue weighted by molar-refractivity contribution is 5.90.